The lowest BCUT2D eigenvalue weighted by molar-refractivity contribution is -0.130. The second-order valence-corrected chi connectivity index (χ2v) is 6.30. The van der Waals surface area contributed by atoms with E-state index in [1.807, 2.05) is 29.2 Å². The molecule has 3 rings (SSSR count). The second kappa shape index (κ2) is 6.67. The first-order chi connectivity index (χ1) is 10.2. The highest BCUT2D eigenvalue weighted by Crippen LogP contribution is 2.27. The van der Waals surface area contributed by atoms with Gasteiger partial charge in [-0.3, -0.25) is 4.79 Å². The van der Waals surface area contributed by atoms with E-state index in [2.05, 4.69) is 10.2 Å². The number of hydrogen-bond donors (Lipinski definition) is 1. The standard InChI is InChI=1S/C16H22ClN3O/c17-14-3-1-2-4-15(14)19-7-9-20(10-8-19)16(21)12-18-11-13-5-6-13/h1-4,13,18H,5-12H2. The average Bonchev–Trinajstić information content (AvgIpc) is 3.32. The van der Waals surface area contributed by atoms with E-state index in [1.165, 1.54) is 12.8 Å². The lowest BCUT2D eigenvalue weighted by atomic mass is 10.2. The minimum Gasteiger partial charge on any atom is -0.367 e. The summed E-state index contributed by atoms with van der Waals surface area (Å²) in [4.78, 5) is 16.3. The van der Waals surface area contributed by atoms with Crippen LogP contribution in [0.2, 0.25) is 5.02 Å². The number of para-hydroxylation sites is 1. The smallest absolute Gasteiger partial charge is 0.236 e. The fourth-order valence-electron chi connectivity index (χ4n) is 2.72. The quantitative estimate of drug-likeness (QED) is 0.903. The van der Waals surface area contributed by atoms with Crippen molar-refractivity contribution in [3.63, 3.8) is 0 Å². The van der Waals surface area contributed by atoms with Gasteiger partial charge >= 0.3 is 0 Å². The summed E-state index contributed by atoms with van der Waals surface area (Å²) in [6.07, 6.45) is 2.63. The molecule has 0 bridgehead atoms. The van der Waals surface area contributed by atoms with E-state index in [0.29, 0.717) is 6.54 Å². The van der Waals surface area contributed by atoms with Gasteiger partial charge in [0.1, 0.15) is 0 Å². The van der Waals surface area contributed by atoms with Crippen LogP contribution >= 0.6 is 11.6 Å². The largest absolute Gasteiger partial charge is 0.367 e. The number of nitrogens with zero attached hydrogens (tertiary/aromatic N) is 2. The molecule has 5 heteroatoms. The molecule has 0 atom stereocenters. The molecule has 4 nitrogen and oxygen atoms in total. The van der Waals surface area contributed by atoms with E-state index in [9.17, 15) is 4.79 Å². The van der Waals surface area contributed by atoms with Crippen molar-refractivity contribution in [3.8, 4) is 0 Å². The van der Waals surface area contributed by atoms with Crippen LogP contribution in [0.1, 0.15) is 12.8 Å². The fourth-order valence-corrected chi connectivity index (χ4v) is 2.98. The Kier molecular flexibility index (Phi) is 4.66. The Morgan fingerprint density at radius 3 is 2.57 bits per heavy atom. The second-order valence-electron chi connectivity index (χ2n) is 5.89. The molecule has 0 unspecified atom stereocenters. The molecule has 1 aromatic carbocycles. The summed E-state index contributed by atoms with van der Waals surface area (Å²) in [7, 11) is 0. The van der Waals surface area contributed by atoms with Gasteiger partial charge in [-0.15, -0.1) is 0 Å². The van der Waals surface area contributed by atoms with Gasteiger partial charge in [-0.1, -0.05) is 23.7 Å². The third-order valence-corrected chi connectivity index (χ3v) is 4.55. The van der Waals surface area contributed by atoms with E-state index in [4.69, 9.17) is 11.6 Å². The number of nitrogens with one attached hydrogen (secondary N) is 1. The maximum Gasteiger partial charge on any atom is 0.236 e. The average molecular weight is 308 g/mol. The molecule has 1 saturated heterocycles. The third-order valence-electron chi connectivity index (χ3n) is 4.23. The molecule has 1 saturated carbocycles. The number of rotatable bonds is 5. The number of piperazine rings is 1. The molecular weight excluding hydrogens is 286 g/mol. The molecule has 1 amide bonds. The van der Waals surface area contributed by atoms with Crippen LogP contribution in [0.3, 0.4) is 0 Å². The Morgan fingerprint density at radius 2 is 1.90 bits per heavy atom. The fraction of sp³-hybridized carbons (Fsp3) is 0.562. The van der Waals surface area contributed by atoms with Gasteiger partial charge in [0.25, 0.3) is 0 Å². The normalized spacial score (nSPS) is 18.9. The van der Waals surface area contributed by atoms with Gasteiger partial charge in [-0.05, 0) is 37.4 Å². The van der Waals surface area contributed by atoms with Crippen molar-refractivity contribution in [1.82, 2.24) is 10.2 Å². The molecular formula is C16H22ClN3O. The van der Waals surface area contributed by atoms with E-state index in [0.717, 1.165) is 49.4 Å². The molecule has 0 radical (unpaired) electrons. The number of hydrogen-bond acceptors (Lipinski definition) is 3. The first kappa shape index (κ1) is 14.7. The predicted molar refractivity (Wildman–Crippen MR) is 85.8 cm³/mol. The van der Waals surface area contributed by atoms with Crippen LogP contribution in [-0.4, -0.2) is 50.1 Å². The van der Waals surface area contributed by atoms with Gasteiger partial charge in [0.15, 0.2) is 0 Å². The van der Waals surface area contributed by atoms with Crippen molar-refractivity contribution in [2.24, 2.45) is 5.92 Å². The lowest BCUT2D eigenvalue weighted by Gasteiger charge is -2.36. The van der Waals surface area contributed by atoms with Crippen LogP contribution in [0.15, 0.2) is 24.3 Å². The van der Waals surface area contributed by atoms with Crippen LogP contribution < -0.4 is 10.2 Å². The van der Waals surface area contributed by atoms with E-state index in [1.54, 1.807) is 0 Å². The van der Waals surface area contributed by atoms with E-state index >= 15 is 0 Å². The van der Waals surface area contributed by atoms with E-state index in [-0.39, 0.29) is 5.91 Å². The third kappa shape index (κ3) is 3.89. The Hall–Kier alpha value is -1.26. The van der Waals surface area contributed by atoms with Crippen molar-refractivity contribution in [2.45, 2.75) is 12.8 Å². The zero-order chi connectivity index (χ0) is 14.7. The Labute approximate surface area is 131 Å². The molecule has 1 N–H and O–H groups in total. The van der Waals surface area contributed by atoms with Gasteiger partial charge in [0.05, 0.1) is 17.3 Å². The van der Waals surface area contributed by atoms with Crippen LogP contribution in [0, 0.1) is 5.92 Å². The zero-order valence-electron chi connectivity index (χ0n) is 12.2. The highest BCUT2D eigenvalue weighted by molar-refractivity contribution is 6.33. The zero-order valence-corrected chi connectivity index (χ0v) is 13.0. The molecule has 1 aromatic rings. The van der Waals surface area contributed by atoms with Gasteiger partial charge in [-0.25, -0.2) is 0 Å². The first-order valence-electron chi connectivity index (χ1n) is 7.72. The van der Waals surface area contributed by atoms with Crippen LogP contribution in [-0.2, 0) is 4.79 Å². The summed E-state index contributed by atoms with van der Waals surface area (Å²) in [6, 6.07) is 7.89. The number of amides is 1. The predicted octanol–water partition coefficient (Wildman–Crippen LogP) is 1.99. The highest BCUT2D eigenvalue weighted by atomic mass is 35.5. The van der Waals surface area contributed by atoms with Crippen LogP contribution in [0.5, 0.6) is 0 Å². The number of anilines is 1. The molecule has 1 aliphatic heterocycles. The van der Waals surface area contributed by atoms with Crippen molar-refractivity contribution in [1.29, 1.82) is 0 Å². The monoisotopic (exact) mass is 307 g/mol. The minimum atomic E-state index is 0.217. The van der Waals surface area contributed by atoms with Gasteiger partial charge in [0.2, 0.25) is 5.91 Å². The summed E-state index contributed by atoms with van der Waals surface area (Å²) in [5, 5.41) is 4.05. The molecule has 114 valence electrons. The molecule has 1 heterocycles. The maximum absolute atomic E-state index is 12.1. The molecule has 1 aliphatic carbocycles. The summed E-state index contributed by atoms with van der Waals surface area (Å²) in [5.74, 6) is 1.03. The highest BCUT2D eigenvalue weighted by Gasteiger charge is 2.24. The Bertz CT molecular complexity index is 496. The lowest BCUT2D eigenvalue weighted by Crippen LogP contribution is -2.51. The van der Waals surface area contributed by atoms with Crippen molar-refractivity contribution < 1.29 is 4.79 Å². The van der Waals surface area contributed by atoms with E-state index < -0.39 is 0 Å². The van der Waals surface area contributed by atoms with Crippen molar-refractivity contribution in [3.05, 3.63) is 29.3 Å². The summed E-state index contributed by atoms with van der Waals surface area (Å²) in [6.45, 7) is 4.70. The molecule has 21 heavy (non-hydrogen) atoms. The topological polar surface area (TPSA) is 35.6 Å². The Morgan fingerprint density at radius 1 is 1.19 bits per heavy atom. The molecule has 2 aliphatic rings. The van der Waals surface area contributed by atoms with Gasteiger partial charge in [0, 0.05) is 26.2 Å². The Balaban J connectivity index is 1.45. The summed E-state index contributed by atoms with van der Waals surface area (Å²) in [5.41, 5.74) is 1.07. The molecule has 2 fully saturated rings. The summed E-state index contributed by atoms with van der Waals surface area (Å²) < 4.78 is 0. The van der Waals surface area contributed by atoms with Gasteiger partial charge < -0.3 is 15.1 Å². The molecule has 0 aromatic heterocycles. The van der Waals surface area contributed by atoms with Crippen molar-refractivity contribution in [2.75, 3.05) is 44.2 Å². The van der Waals surface area contributed by atoms with Gasteiger partial charge in [-0.2, -0.15) is 0 Å². The minimum absolute atomic E-state index is 0.217. The first-order valence-corrected chi connectivity index (χ1v) is 8.10. The number of benzene rings is 1. The number of carbonyl (C=O) groups is 1. The summed E-state index contributed by atoms with van der Waals surface area (Å²) >= 11 is 6.23. The maximum atomic E-state index is 12.1. The van der Waals surface area contributed by atoms with Crippen molar-refractivity contribution >= 4 is 23.2 Å². The number of halogens is 1. The molecule has 0 spiro atoms. The SMILES string of the molecule is O=C(CNCC1CC1)N1CCN(c2ccccc2Cl)CC1. The van der Waals surface area contributed by atoms with Crippen LogP contribution in [0.25, 0.3) is 0 Å². The van der Waals surface area contributed by atoms with Crippen LogP contribution in [0.4, 0.5) is 5.69 Å². The number of carbonyl (C=O) groups excluding carboxylic acids is 1.